The summed E-state index contributed by atoms with van der Waals surface area (Å²) in [4.78, 5) is 33.2. The molecular formula is C20H20N4O2S. The molecule has 1 aliphatic heterocycles. The molecule has 1 fully saturated rings. The number of hydrogen-bond donors (Lipinski definition) is 1. The molecule has 0 unspecified atom stereocenters. The summed E-state index contributed by atoms with van der Waals surface area (Å²) in [5.74, 6) is -0.241. The number of amides is 3. The van der Waals surface area contributed by atoms with E-state index in [4.69, 9.17) is 0 Å². The van der Waals surface area contributed by atoms with Gasteiger partial charge < -0.3 is 5.32 Å². The Morgan fingerprint density at radius 3 is 2.56 bits per heavy atom. The van der Waals surface area contributed by atoms with Gasteiger partial charge in [0, 0.05) is 0 Å². The number of carbonyl (C=O) groups excluding carboxylic acids is 2. The fourth-order valence-electron chi connectivity index (χ4n) is 3.30. The van der Waals surface area contributed by atoms with Gasteiger partial charge in [0.15, 0.2) is 0 Å². The van der Waals surface area contributed by atoms with Crippen molar-refractivity contribution >= 4 is 33.5 Å². The highest BCUT2D eigenvalue weighted by Crippen LogP contribution is 2.29. The molecule has 6 nitrogen and oxygen atoms in total. The maximum Gasteiger partial charge on any atom is 0.326 e. The van der Waals surface area contributed by atoms with E-state index in [1.54, 1.807) is 18.3 Å². The van der Waals surface area contributed by atoms with Crippen LogP contribution in [0.4, 0.5) is 4.79 Å². The van der Waals surface area contributed by atoms with E-state index in [0.717, 1.165) is 20.8 Å². The lowest BCUT2D eigenvalue weighted by molar-refractivity contribution is -0.132. The van der Waals surface area contributed by atoms with Crippen LogP contribution >= 0.6 is 11.3 Å². The summed E-state index contributed by atoms with van der Waals surface area (Å²) in [6.45, 7) is 2.53. The molecule has 0 saturated carbocycles. The molecule has 0 aliphatic carbocycles. The predicted octanol–water partition coefficient (Wildman–Crippen LogP) is 3.15. The Kier molecular flexibility index (Phi) is 4.41. The Bertz CT molecular complexity index is 970. The third-order valence-electron chi connectivity index (χ3n) is 4.75. The lowest BCUT2D eigenvalue weighted by Crippen LogP contribution is -2.42. The molecule has 3 aromatic rings. The van der Waals surface area contributed by atoms with Crippen LogP contribution in [0.1, 0.15) is 17.5 Å². The van der Waals surface area contributed by atoms with Gasteiger partial charge in [-0.1, -0.05) is 42.5 Å². The minimum atomic E-state index is -1.03. The van der Waals surface area contributed by atoms with Crippen molar-refractivity contribution < 1.29 is 9.59 Å². The molecule has 0 bridgehead atoms. The number of thiazole rings is 1. The maximum atomic E-state index is 13.0. The molecule has 0 spiro atoms. The molecule has 1 aromatic heterocycles. The Labute approximate surface area is 161 Å². The molecule has 138 valence electrons. The topological polar surface area (TPSA) is 65.5 Å². The van der Waals surface area contributed by atoms with Crippen LogP contribution < -0.4 is 5.32 Å². The third-order valence-corrected chi connectivity index (χ3v) is 5.77. The van der Waals surface area contributed by atoms with Crippen LogP contribution in [0.5, 0.6) is 0 Å². The molecular weight excluding hydrogens is 360 g/mol. The molecule has 1 N–H and O–H groups in total. The maximum absolute atomic E-state index is 13.0. The number of nitrogens with zero attached hydrogens (tertiary/aromatic N) is 3. The first-order chi connectivity index (χ1) is 13.0. The molecule has 0 radical (unpaired) electrons. The van der Waals surface area contributed by atoms with Gasteiger partial charge in [-0.2, -0.15) is 0 Å². The summed E-state index contributed by atoms with van der Waals surface area (Å²) in [6.07, 6.45) is 0. The summed E-state index contributed by atoms with van der Waals surface area (Å²) in [6, 6.07) is 16.9. The SMILES string of the molecule is CN(Cc1nc2ccccc2s1)CN1C(=O)N[C@](C)(c2ccccc2)C1=O. The van der Waals surface area contributed by atoms with Crippen LogP contribution in [-0.4, -0.2) is 40.4 Å². The number of hydrogen-bond acceptors (Lipinski definition) is 5. The van der Waals surface area contributed by atoms with Crippen molar-refractivity contribution in [3.8, 4) is 0 Å². The van der Waals surface area contributed by atoms with E-state index >= 15 is 0 Å². The van der Waals surface area contributed by atoms with Crippen LogP contribution in [0.3, 0.4) is 0 Å². The van der Waals surface area contributed by atoms with Crippen LogP contribution in [0, 0.1) is 0 Å². The van der Waals surface area contributed by atoms with E-state index in [2.05, 4.69) is 10.3 Å². The minimum absolute atomic E-state index is 0.211. The number of aromatic nitrogens is 1. The van der Waals surface area contributed by atoms with Crippen molar-refractivity contribution in [1.82, 2.24) is 20.1 Å². The number of benzene rings is 2. The second kappa shape index (κ2) is 6.75. The first kappa shape index (κ1) is 17.6. The fraction of sp³-hybridized carbons (Fsp3) is 0.250. The number of para-hydroxylation sites is 1. The Morgan fingerprint density at radius 2 is 1.81 bits per heavy atom. The van der Waals surface area contributed by atoms with Gasteiger partial charge in [0.2, 0.25) is 0 Å². The van der Waals surface area contributed by atoms with E-state index in [1.807, 2.05) is 66.5 Å². The average Bonchev–Trinajstić information content (AvgIpc) is 3.16. The van der Waals surface area contributed by atoms with Crippen molar-refractivity contribution in [1.29, 1.82) is 0 Å². The lowest BCUT2D eigenvalue weighted by Gasteiger charge is -2.24. The fourth-order valence-corrected chi connectivity index (χ4v) is 4.35. The van der Waals surface area contributed by atoms with Crippen LogP contribution in [-0.2, 0) is 16.9 Å². The molecule has 1 saturated heterocycles. The quantitative estimate of drug-likeness (QED) is 0.691. The van der Waals surface area contributed by atoms with Crippen LogP contribution in [0.15, 0.2) is 54.6 Å². The van der Waals surface area contributed by atoms with Crippen LogP contribution in [0.25, 0.3) is 10.2 Å². The average molecular weight is 380 g/mol. The number of fused-ring (bicyclic) bond motifs is 1. The summed E-state index contributed by atoms with van der Waals surface area (Å²) in [5.41, 5.74) is 0.715. The van der Waals surface area contributed by atoms with Crippen molar-refractivity contribution in [2.24, 2.45) is 0 Å². The summed E-state index contributed by atoms with van der Waals surface area (Å²) in [5, 5.41) is 3.79. The Hall–Kier alpha value is -2.77. The largest absolute Gasteiger partial charge is 0.326 e. The van der Waals surface area contributed by atoms with Crippen molar-refractivity contribution in [3.05, 3.63) is 65.2 Å². The second-order valence-electron chi connectivity index (χ2n) is 6.89. The monoisotopic (exact) mass is 380 g/mol. The summed E-state index contributed by atoms with van der Waals surface area (Å²) >= 11 is 1.62. The van der Waals surface area contributed by atoms with Gasteiger partial charge in [0.1, 0.15) is 10.5 Å². The van der Waals surface area contributed by atoms with Gasteiger partial charge in [-0.3, -0.25) is 9.69 Å². The first-order valence-corrected chi connectivity index (χ1v) is 9.51. The molecule has 2 heterocycles. The number of imide groups is 1. The zero-order chi connectivity index (χ0) is 19.0. The lowest BCUT2D eigenvalue weighted by atomic mass is 9.92. The molecule has 4 rings (SSSR count). The third kappa shape index (κ3) is 3.20. The van der Waals surface area contributed by atoms with Gasteiger partial charge >= 0.3 is 6.03 Å². The Balaban J connectivity index is 1.48. The van der Waals surface area contributed by atoms with E-state index < -0.39 is 5.54 Å². The van der Waals surface area contributed by atoms with E-state index in [0.29, 0.717) is 6.54 Å². The summed E-state index contributed by atoms with van der Waals surface area (Å²) in [7, 11) is 1.88. The minimum Gasteiger partial charge on any atom is -0.319 e. The highest BCUT2D eigenvalue weighted by atomic mass is 32.1. The number of urea groups is 1. The van der Waals surface area contributed by atoms with E-state index in [9.17, 15) is 9.59 Å². The normalized spacial score (nSPS) is 19.9. The second-order valence-corrected chi connectivity index (χ2v) is 8.00. The van der Waals surface area contributed by atoms with Gasteiger partial charge in [0.05, 0.1) is 23.4 Å². The number of nitrogens with one attached hydrogen (secondary N) is 1. The smallest absolute Gasteiger partial charge is 0.319 e. The van der Waals surface area contributed by atoms with Gasteiger partial charge in [0.25, 0.3) is 5.91 Å². The molecule has 27 heavy (non-hydrogen) atoms. The molecule has 1 atom stereocenters. The first-order valence-electron chi connectivity index (χ1n) is 8.70. The molecule has 3 amide bonds. The van der Waals surface area contributed by atoms with Gasteiger partial charge in [-0.05, 0) is 31.7 Å². The zero-order valence-corrected chi connectivity index (χ0v) is 16.0. The zero-order valence-electron chi connectivity index (χ0n) is 15.2. The summed E-state index contributed by atoms with van der Waals surface area (Å²) < 4.78 is 1.13. The molecule has 7 heteroatoms. The van der Waals surface area contributed by atoms with Gasteiger partial charge in [-0.25, -0.2) is 14.7 Å². The van der Waals surface area contributed by atoms with E-state index in [-0.39, 0.29) is 18.6 Å². The molecule has 2 aromatic carbocycles. The highest BCUT2D eigenvalue weighted by Gasteiger charge is 2.49. The number of carbonyl (C=O) groups is 2. The van der Waals surface area contributed by atoms with E-state index in [1.165, 1.54) is 4.90 Å². The van der Waals surface area contributed by atoms with Crippen molar-refractivity contribution in [2.45, 2.75) is 19.0 Å². The highest BCUT2D eigenvalue weighted by molar-refractivity contribution is 7.18. The molecule has 1 aliphatic rings. The van der Waals surface area contributed by atoms with Gasteiger partial charge in [-0.15, -0.1) is 11.3 Å². The predicted molar refractivity (Wildman–Crippen MR) is 105 cm³/mol. The van der Waals surface area contributed by atoms with Crippen molar-refractivity contribution in [2.75, 3.05) is 13.7 Å². The standard InChI is InChI=1S/C20H20N4O2S/c1-20(14-8-4-3-5-9-14)18(25)24(19(26)22-20)13-23(2)12-17-21-15-10-6-7-11-16(15)27-17/h3-11H,12-13H2,1-2H3,(H,22,26)/t20-/m1/s1. The number of rotatable bonds is 5. The Morgan fingerprint density at radius 1 is 1.11 bits per heavy atom. The van der Waals surface area contributed by atoms with Crippen LogP contribution in [0.2, 0.25) is 0 Å². The van der Waals surface area contributed by atoms with Crippen molar-refractivity contribution in [3.63, 3.8) is 0 Å².